The summed E-state index contributed by atoms with van der Waals surface area (Å²) in [5, 5.41) is 3.27. The predicted octanol–water partition coefficient (Wildman–Crippen LogP) is 4.31. The van der Waals surface area contributed by atoms with E-state index in [1.807, 2.05) is 4.72 Å². The Morgan fingerprint density at radius 2 is 1.59 bits per heavy atom. The lowest BCUT2D eigenvalue weighted by atomic mass is 10.1. The van der Waals surface area contributed by atoms with Gasteiger partial charge in [0.15, 0.2) is 0 Å². The molecule has 0 fully saturated rings. The normalized spacial score (nSPS) is 13.5. The Labute approximate surface area is 174 Å². The first-order valence-corrected chi connectivity index (χ1v) is 10.9. The van der Waals surface area contributed by atoms with Crippen molar-refractivity contribution in [2.24, 2.45) is 0 Å². The highest BCUT2D eigenvalue weighted by molar-refractivity contribution is 7.89. The zero-order chi connectivity index (χ0) is 21.8. The van der Waals surface area contributed by atoms with Crippen LogP contribution in [0.4, 0.5) is 13.2 Å². The summed E-state index contributed by atoms with van der Waals surface area (Å²) in [6.45, 7) is 4.63. The van der Waals surface area contributed by atoms with Gasteiger partial charge >= 0.3 is 6.18 Å². The maximum Gasteiger partial charge on any atom is 0.406 e. The summed E-state index contributed by atoms with van der Waals surface area (Å²) >= 11 is 5.80. The number of halogens is 4. The van der Waals surface area contributed by atoms with Gasteiger partial charge in [0, 0.05) is 11.6 Å². The quantitative estimate of drug-likeness (QED) is 0.592. The molecule has 0 aromatic heterocycles. The van der Waals surface area contributed by atoms with E-state index in [0.717, 1.165) is 11.1 Å². The second-order valence-corrected chi connectivity index (χ2v) is 9.11. The molecule has 0 radical (unpaired) electrons. The molecule has 0 aliphatic rings. The number of sulfonamides is 1. The molecule has 2 aromatic carbocycles. The van der Waals surface area contributed by atoms with E-state index in [1.54, 1.807) is 57.2 Å². The van der Waals surface area contributed by atoms with E-state index in [0.29, 0.717) is 22.6 Å². The Balaban J connectivity index is 2.07. The van der Waals surface area contributed by atoms with Gasteiger partial charge < -0.3 is 5.32 Å². The zero-order valence-electron chi connectivity index (χ0n) is 16.4. The molecule has 9 heteroatoms. The Kier molecular flexibility index (Phi) is 7.73. The lowest BCUT2D eigenvalue weighted by Crippen LogP contribution is -2.51. The van der Waals surface area contributed by atoms with Crippen LogP contribution < -0.4 is 10.0 Å². The molecule has 0 aliphatic heterocycles. The molecule has 2 rings (SSSR count). The zero-order valence-corrected chi connectivity index (χ0v) is 18.0. The second-order valence-electron chi connectivity index (χ2n) is 7.02. The minimum atomic E-state index is -4.73. The summed E-state index contributed by atoms with van der Waals surface area (Å²) in [5.41, 5.74) is 2.57. The summed E-state index contributed by atoms with van der Waals surface area (Å²) in [5.74, 6) is 0. The fourth-order valence-corrected chi connectivity index (χ4v) is 4.99. The van der Waals surface area contributed by atoms with Crippen LogP contribution in [0.5, 0.6) is 0 Å². The van der Waals surface area contributed by atoms with Gasteiger partial charge in [-0.1, -0.05) is 41.4 Å². The van der Waals surface area contributed by atoms with E-state index in [4.69, 9.17) is 11.6 Å². The Morgan fingerprint density at radius 3 is 2.10 bits per heavy atom. The molecule has 160 valence electrons. The second kappa shape index (κ2) is 9.47. The average Bonchev–Trinajstić information content (AvgIpc) is 2.57. The molecule has 0 heterocycles. The number of hydrogen-bond donors (Lipinski definition) is 2. The van der Waals surface area contributed by atoms with Crippen LogP contribution in [0.15, 0.2) is 41.3 Å². The number of rotatable bonds is 8. The van der Waals surface area contributed by atoms with Gasteiger partial charge in [-0.3, -0.25) is 0 Å². The minimum absolute atomic E-state index is 0.112. The highest BCUT2D eigenvalue weighted by Gasteiger charge is 2.42. The molecule has 29 heavy (non-hydrogen) atoms. The van der Waals surface area contributed by atoms with Crippen LogP contribution in [0.2, 0.25) is 5.02 Å². The maximum absolute atomic E-state index is 13.4. The first-order chi connectivity index (χ1) is 13.4. The van der Waals surface area contributed by atoms with Crippen LogP contribution in [-0.2, 0) is 16.4 Å². The van der Waals surface area contributed by atoms with Gasteiger partial charge in [-0.15, -0.1) is 0 Å². The third kappa shape index (κ3) is 6.70. The third-order valence-corrected chi connectivity index (χ3v) is 6.45. The summed E-state index contributed by atoms with van der Waals surface area (Å²) in [7, 11) is -4.34. The molecule has 0 bridgehead atoms. The molecule has 2 aromatic rings. The fourth-order valence-electron chi connectivity index (χ4n) is 3.19. The Bertz CT molecular complexity index is 922. The Hall–Kier alpha value is -1.61. The SMILES string of the molecule is Cc1cc(C)c(S(=O)(=O)NC(CNCCc2ccc(Cl)cc2)C(F)(F)F)c(C)c1. The van der Waals surface area contributed by atoms with E-state index in [1.165, 1.54) is 0 Å². The summed E-state index contributed by atoms with van der Waals surface area (Å²) in [6, 6.07) is 8.01. The van der Waals surface area contributed by atoms with Crippen LogP contribution in [0, 0.1) is 20.8 Å². The Morgan fingerprint density at radius 1 is 1.03 bits per heavy atom. The highest BCUT2D eigenvalue weighted by atomic mass is 35.5. The first-order valence-electron chi connectivity index (χ1n) is 9.02. The molecule has 0 spiro atoms. The summed E-state index contributed by atoms with van der Waals surface area (Å²) in [6.07, 6.45) is -4.24. The molecule has 1 unspecified atom stereocenters. The number of hydrogen-bond acceptors (Lipinski definition) is 3. The topological polar surface area (TPSA) is 58.2 Å². The summed E-state index contributed by atoms with van der Waals surface area (Å²) < 4.78 is 67.5. The molecule has 2 N–H and O–H groups in total. The summed E-state index contributed by atoms with van der Waals surface area (Å²) in [4.78, 5) is -0.112. The number of nitrogens with one attached hydrogen (secondary N) is 2. The number of aryl methyl sites for hydroxylation is 3. The van der Waals surface area contributed by atoms with Crippen molar-refractivity contribution in [1.29, 1.82) is 0 Å². The van der Waals surface area contributed by atoms with Crippen molar-refractivity contribution in [2.75, 3.05) is 13.1 Å². The van der Waals surface area contributed by atoms with Crippen LogP contribution in [-0.4, -0.2) is 33.7 Å². The van der Waals surface area contributed by atoms with Crippen molar-refractivity contribution in [3.63, 3.8) is 0 Å². The molecule has 4 nitrogen and oxygen atoms in total. The van der Waals surface area contributed by atoms with E-state index < -0.39 is 28.8 Å². The fraction of sp³-hybridized carbons (Fsp3) is 0.400. The molecular weight excluding hydrogens is 425 g/mol. The van der Waals surface area contributed by atoms with Crippen LogP contribution in [0.3, 0.4) is 0 Å². The molecular formula is C20H24ClF3N2O2S. The minimum Gasteiger partial charge on any atom is -0.314 e. The van der Waals surface area contributed by atoms with E-state index in [2.05, 4.69) is 5.32 Å². The van der Waals surface area contributed by atoms with Crippen molar-refractivity contribution < 1.29 is 21.6 Å². The molecule has 0 amide bonds. The number of benzene rings is 2. The van der Waals surface area contributed by atoms with Gasteiger partial charge in [0.25, 0.3) is 0 Å². The largest absolute Gasteiger partial charge is 0.406 e. The van der Waals surface area contributed by atoms with Gasteiger partial charge in [0.2, 0.25) is 10.0 Å². The predicted molar refractivity (Wildman–Crippen MR) is 109 cm³/mol. The molecule has 0 saturated heterocycles. The number of alkyl halides is 3. The van der Waals surface area contributed by atoms with Crippen molar-refractivity contribution in [2.45, 2.75) is 44.3 Å². The highest BCUT2D eigenvalue weighted by Crippen LogP contribution is 2.25. The molecule has 0 saturated carbocycles. The van der Waals surface area contributed by atoms with Crippen LogP contribution in [0.25, 0.3) is 0 Å². The van der Waals surface area contributed by atoms with Crippen LogP contribution >= 0.6 is 11.6 Å². The van der Waals surface area contributed by atoms with Gasteiger partial charge in [-0.2, -0.15) is 17.9 Å². The van der Waals surface area contributed by atoms with E-state index in [-0.39, 0.29) is 11.4 Å². The van der Waals surface area contributed by atoms with Gasteiger partial charge in [0.1, 0.15) is 6.04 Å². The van der Waals surface area contributed by atoms with Crippen molar-refractivity contribution in [1.82, 2.24) is 10.0 Å². The van der Waals surface area contributed by atoms with E-state index >= 15 is 0 Å². The third-order valence-electron chi connectivity index (χ3n) is 4.42. The maximum atomic E-state index is 13.4. The molecule has 1 atom stereocenters. The van der Waals surface area contributed by atoms with Gasteiger partial charge in [-0.25, -0.2) is 8.42 Å². The van der Waals surface area contributed by atoms with Gasteiger partial charge in [-0.05, 0) is 62.6 Å². The first kappa shape index (κ1) is 23.7. The standard InChI is InChI=1S/C20H24ClF3N2O2S/c1-13-10-14(2)19(15(3)11-13)29(27,28)26-18(20(22,23)24)12-25-9-8-16-4-6-17(21)7-5-16/h4-7,10-11,18,25-26H,8-9,12H2,1-3H3. The smallest absolute Gasteiger partial charge is 0.314 e. The lowest BCUT2D eigenvalue weighted by Gasteiger charge is -2.23. The lowest BCUT2D eigenvalue weighted by molar-refractivity contribution is -0.150. The van der Waals surface area contributed by atoms with Crippen LogP contribution in [0.1, 0.15) is 22.3 Å². The molecule has 0 aliphatic carbocycles. The van der Waals surface area contributed by atoms with Gasteiger partial charge in [0.05, 0.1) is 4.90 Å². The van der Waals surface area contributed by atoms with Crippen molar-refractivity contribution in [3.8, 4) is 0 Å². The van der Waals surface area contributed by atoms with E-state index in [9.17, 15) is 21.6 Å². The van der Waals surface area contributed by atoms with Crippen molar-refractivity contribution in [3.05, 3.63) is 63.7 Å². The van der Waals surface area contributed by atoms with Crippen molar-refractivity contribution >= 4 is 21.6 Å². The monoisotopic (exact) mass is 448 g/mol. The average molecular weight is 449 g/mol.